The van der Waals surface area contributed by atoms with Crippen LogP contribution >= 0.6 is 11.8 Å². The first-order valence-electron chi connectivity index (χ1n) is 9.73. The van der Waals surface area contributed by atoms with Gasteiger partial charge in [-0.25, -0.2) is 4.68 Å². The maximum Gasteiger partial charge on any atom is 0.235 e. The molecule has 156 valence electrons. The van der Waals surface area contributed by atoms with Crippen molar-refractivity contribution in [3.63, 3.8) is 0 Å². The van der Waals surface area contributed by atoms with Crippen molar-refractivity contribution < 1.29 is 4.79 Å². The Morgan fingerprint density at radius 3 is 2.67 bits per heavy atom. The molecule has 0 bridgehead atoms. The molecule has 3 aromatic rings. The molecule has 1 amide bonds. The van der Waals surface area contributed by atoms with E-state index in [4.69, 9.17) is 0 Å². The van der Waals surface area contributed by atoms with Crippen LogP contribution in [0.5, 0.6) is 0 Å². The third kappa shape index (κ3) is 4.89. The van der Waals surface area contributed by atoms with Gasteiger partial charge in [-0.2, -0.15) is 5.26 Å². The summed E-state index contributed by atoms with van der Waals surface area (Å²) in [5.74, 6) is 0.871. The molecule has 0 saturated heterocycles. The van der Waals surface area contributed by atoms with Crippen molar-refractivity contribution in [2.24, 2.45) is 5.92 Å². The van der Waals surface area contributed by atoms with E-state index in [1.807, 2.05) is 48.7 Å². The van der Waals surface area contributed by atoms with E-state index in [1.165, 1.54) is 11.8 Å². The monoisotopic (exact) mass is 423 g/mol. The Morgan fingerprint density at radius 1 is 1.27 bits per heavy atom. The van der Waals surface area contributed by atoms with Crippen molar-refractivity contribution in [3.05, 3.63) is 52.7 Å². The number of anilines is 1. The molecule has 9 heteroatoms. The number of carbonyl (C=O) groups excluding carboxylic acids is 1. The summed E-state index contributed by atoms with van der Waals surface area (Å²) in [4.78, 5) is 12.7. The molecule has 0 aliphatic rings. The number of nitrogens with zero attached hydrogens (tertiary/aromatic N) is 6. The van der Waals surface area contributed by atoms with Crippen molar-refractivity contribution in [2.45, 2.75) is 45.9 Å². The second kappa shape index (κ2) is 9.59. The van der Waals surface area contributed by atoms with E-state index in [0.29, 0.717) is 35.5 Å². The van der Waals surface area contributed by atoms with Crippen LogP contribution in [0.25, 0.3) is 0 Å². The summed E-state index contributed by atoms with van der Waals surface area (Å²) in [6.45, 7) is 9.29. The van der Waals surface area contributed by atoms with Crippen LogP contribution in [0.15, 0.2) is 35.5 Å². The quantitative estimate of drug-likeness (QED) is 0.557. The van der Waals surface area contributed by atoms with Gasteiger partial charge in [0.05, 0.1) is 11.3 Å². The number of nitriles is 1. The number of aromatic nitrogens is 5. The fourth-order valence-corrected chi connectivity index (χ4v) is 3.84. The van der Waals surface area contributed by atoms with Crippen LogP contribution in [0.3, 0.4) is 0 Å². The van der Waals surface area contributed by atoms with E-state index >= 15 is 0 Å². The zero-order chi connectivity index (χ0) is 21.7. The van der Waals surface area contributed by atoms with Gasteiger partial charge in [0.2, 0.25) is 11.1 Å². The van der Waals surface area contributed by atoms with Gasteiger partial charge >= 0.3 is 0 Å². The molecule has 0 atom stereocenters. The predicted octanol–water partition coefficient (Wildman–Crippen LogP) is 3.40. The Kier molecular flexibility index (Phi) is 6.90. The molecule has 1 aromatic carbocycles. The van der Waals surface area contributed by atoms with Crippen LogP contribution in [0.4, 0.5) is 5.82 Å². The molecule has 0 aliphatic carbocycles. The zero-order valence-corrected chi connectivity index (χ0v) is 18.4. The smallest absolute Gasteiger partial charge is 0.235 e. The third-order valence-electron chi connectivity index (χ3n) is 4.75. The minimum atomic E-state index is -0.206. The molecule has 2 aromatic heterocycles. The number of amides is 1. The highest BCUT2D eigenvalue weighted by atomic mass is 32.2. The molecule has 1 N–H and O–H groups in total. The van der Waals surface area contributed by atoms with Gasteiger partial charge in [-0.15, -0.1) is 5.10 Å². The molecule has 3 rings (SSSR count). The summed E-state index contributed by atoms with van der Waals surface area (Å²) in [7, 11) is 0. The lowest BCUT2D eigenvalue weighted by Crippen LogP contribution is -2.19. The predicted molar refractivity (Wildman–Crippen MR) is 116 cm³/mol. The van der Waals surface area contributed by atoms with E-state index in [1.54, 1.807) is 4.68 Å². The number of benzene rings is 1. The lowest BCUT2D eigenvalue weighted by Gasteiger charge is -2.13. The van der Waals surface area contributed by atoms with Gasteiger partial charge in [-0.05, 0) is 41.3 Å². The Morgan fingerprint density at radius 2 is 2.00 bits per heavy atom. The highest BCUT2D eigenvalue weighted by Gasteiger charge is 2.20. The minimum absolute atomic E-state index is 0.151. The van der Waals surface area contributed by atoms with E-state index in [0.717, 1.165) is 16.8 Å². The lowest BCUT2D eigenvalue weighted by atomic mass is 10.2. The van der Waals surface area contributed by atoms with Crippen LogP contribution in [0.1, 0.15) is 36.2 Å². The second-order valence-corrected chi connectivity index (χ2v) is 8.43. The Bertz CT molecular complexity index is 1060. The molecule has 2 heterocycles. The SMILES string of the molecule is Cc1c(C#N)c(NC(=O)CSc2nnnn2CC(C)C)n(Cc2ccccc2)c1C. The van der Waals surface area contributed by atoms with Gasteiger partial charge in [0.25, 0.3) is 0 Å². The molecule has 30 heavy (non-hydrogen) atoms. The van der Waals surface area contributed by atoms with Gasteiger partial charge in [-0.3, -0.25) is 4.79 Å². The highest BCUT2D eigenvalue weighted by molar-refractivity contribution is 7.99. The van der Waals surface area contributed by atoms with Crippen molar-refractivity contribution in [3.8, 4) is 6.07 Å². The van der Waals surface area contributed by atoms with Crippen LogP contribution < -0.4 is 5.32 Å². The van der Waals surface area contributed by atoms with Crippen LogP contribution in [0, 0.1) is 31.1 Å². The van der Waals surface area contributed by atoms with Gasteiger partial charge in [0.1, 0.15) is 11.9 Å². The fraction of sp³-hybridized carbons (Fsp3) is 0.381. The van der Waals surface area contributed by atoms with Gasteiger partial charge in [0.15, 0.2) is 0 Å². The molecule has 0 fully saturated rings. The molecule has 0 aliphatic heterocycles. The van der Waals surface area contributed by atoms with Gasteiger partial charge in [-0.1, -0.05) is 55.9 Å². The Balaban J connectivity index is 1.77. The Labute approximate surface area is 180 Å². The number of tetrazole rings is 1. The Hall–Kier alpha value is -3.12. The molecule has 8 nitrogen and oxygen atoms in total. The van der Waals surface area contributed by atoms with E-state index in [9.17, 15) is 10.1 Å². The zero-order valence-electron chi connectivity index (χ0n) is 17.6. The summed E-state index contributed by atoms with van der Waals surface area (Å²) in [6, 6.07) is 12.2. The number of rotatable bonds is 8. The first-order valence-corrected chi connectivity index (χ1v) is 10.7. The number of hydrogen-bond donors (Lipinski definition) is 1. The van der Waals surface area contributed by atoms with E-state index in [-0.39, 0.29) is 11.7 Å². The largest absolute Gasteiger partial charge is 0.326 e. The van der Waals surface area contributed by atoms with Crippen molar-refractivity contribution in [2.75, 3.05) is 11.1 Å². The molecular formula is C21H25N7OS. The average Bonchev–Trinajstić information content (AvgIpc) is 3.24. The average molecular weight is 424 g/mol. The number of hydrogen-bond acceptors (Lipinski definition) is 6. The van der Waals surface area contributed by atoms with E-state index < -0.39 is 0 Å². The standard InChI is InChI=1S/C21H25N7OS/c1-14(2)11-28-21(24-25-26-28)30-13-19(29)23-20-18(10-22)15(3)16(4)27(20)12-17-8-6-5-7-9-17/h5-9,14H,11-13H2,1-4H3,(H,23,29). The first-order chi connectivity index (χ1) is 14.4. The first kappa shape index (κ1) is 21.6. The third-order valence-corrected chi connectivity index (χ3v) is 5.71. The minimum Gasteiger partial charge on any atom is -0.326 e. The molecule has 0 unspecified atom stereocenters. The van der Waals surface area contributed by atoms with Crippen molar-refractivity contribution in [1.82, 2.24) is 24.8 Å². The maximum atomic E-state index is 12.7. The number of nitrogens with one attached hydrogen (secondary N) is 1. The lowest BCUT2D eigenvalue weighted by molar-refractivity contribution is -0.113. The summed E-state index contributed by atoms with van der Waals surface area (Å²) in [5, 5.41) is 24.9. The van der Waals surface area contributed by atoms with Gasteiger partial charge < -0.3 is 9.88 Å². The molecular weight excluding hydrogens is 398 g/mol. The second-order valence-electron chi connectivity index (χ2n) is 7.49. The number of carbonyl (C=O) groups is 1. The normalized spacial score (nSPS) is 10.9. The summed E-state index contributed by atoms with van der Waals surface area (Å²) in [5.41, 5.74) is 3.42. The summed E-state index contributed by atoms with van der Waals surface area (Å²) < 4.78 is 3.68. The van der Waals surface area contributed by atoms with E-state index in [2.05, 4.69) is 40.8 Å². The summed E-state index contributed by atoms with van der Waals surface area (Å²) >= 11 is 1.28. The molecule has 0 spiro atoms. The van der Waals surface area contributed by atoms with Crippen LogP contribution in [0.2, 0.25) is 0 Å². The summed E-state index contributed by atoms with van der Waals surface area (Å²) in [6.07, 6.45) is 0. The maximum absolute atomic E-state index is 12.7. The van der Waals surface area contributed by atoms with Crippen molar-refractivity contribution in [1.29, 1.82) is 5.26 Å². The molecule has 0 saturated carbocycles. The number of thioether (sulfide) groups is 1. The van der Waals surface area contributed by atoms with Crippen LogP contribution in [-0.2, 0) is 17.9 Å². The molecule has 0 radical (unpaired) electrons. The van der Waals surface area contributed by atoms with Gasteiger partial charge in [0, 0.05) is 18.8 Å². The van der Waals surface area contributed by atoms with Crippen molar-refractivity contribution >= 4 is 23.5 Å². The van der Waals surface area contributed by atoms with Crippen LogP contribution in [-0.4, -0.2) is 36.4 Å². The highest BCUT2D eigenvalue weighted by Crippen LogP contribution is 2.28. The topological polar surface area (TPSA) is 101 Å². The fourth-order valence-electron chi connectivity index (χ4n) is 3.15.